The number of fused-ring (bicyclic) bond motifs is 1. The third-order valence-electron chi connectivity index (χ3n) is 2.60. The summed E-state index contributed by atoms with van der Waals surface area (Å²) in [5, 5.41) is 11.9. The maximum Gasteiger partial charge on any atom is 0.221 e. The smallest absolute Gasteiger partial charge is 0.221 e. The van der Waals surface area contributed by atoms with Crippen LogP contribution in [0.1, 0.15) is 19.4 Å². The Morgan fingerprint density at radius 2 is 2.29 bits per heavy atom. The summed E-state index contributed by atoms with van der Waals surface area (Å²) in [4.78, 5) is 10.9. The van der Waals surface area contributed by atoms with Crippen LogP contribution in [0.15, 0.2) is 24.3 Å². The Balaban J connectivity index is 2.29. The molecule has 0 fully saturated rings. The molecule has 0 bridgehead atoms. The topological polar surface area (TPSA) is 58.6 Å². The minimum Gasteiger partial charge on any atom is -0.480 e. The van der Waals surface area contributed by atoms with Crippen molar-refractivity contribution in [1.82, 2.24) is 0 Å². The summed E-state index contributed by atoms with van der Waals surface area (Å²) in [6.07, 6.45) is 3.70. The van der Waals surface area contributed by atoms with Crippen molar-refractivity contribution in [2.45, 2.75) is 19.4 Å². The molecular weight excluding hydrogens is 218 g/mol. The molecule has 0 saturated carbocycles. The van der Waals surface area contributed by atoms with Crippen LogP contribution in [0.4, 0.5) is 5.69 Å². The molecule has 90 valence electrons. The summed E-state index contributed by atoms with van der Waals surface area (Å²) < 4.78 is 5.68. The Morgan fingerprint density at radius 3 is 2.94 bits per heavy atom. The van der Waals surface area contributed by atoms with Gasteiger partial charge in [0.1, 0.15) is 11.4 Å². The van der Waals surface area contributed by atoms with Gasteiger partial charge in [-0.1, -0.05) is 6.08 Å². The zero-order chi connectivity index (χ0) is 12.5. The van der Waals surface area contributed by atoms with Gasteiger partial charge in [-0.3, -0.25) is 4.79 Å². The van der Waals surface area contributed by atoms with E-state index in [2.05, 4.69) is 5.32 Å². The molecule has 2 N–H and O–H groups in total. The van der Waals surface area contributed by atoms with Gasteiger partial charge in [0.2, 0.25) is 5.91 Å². The minimum atomic E-state index is -0.664. The standard InChI is InChI=1S/C13H15NO3/c1-9(16)14-11-3-4-12-10(7-11)5-6-13(2,8-15)17-12/h3-7,15H,8H2,1-2H3,(H,14,16). The Labute approximate surface area is 99.9 Å². The number of carbonyl (C=O) groups is 1. The van der Waals surface area contributed by atoms with E-state index in [-0.39, 0.29) is 12.5 Å². The van der Waals surface area contributed by atoms with Crippen molar-refractivity contribution in [1.29, 1.82) is 0 Å². The lowest BCUT2D eigenvalue weighted by Crippen LogP contribution is -2.35. The van der Waals surface area contributed by atoms with Crippen LogP contribution >= 0.6 is 0 Å². The fourth-order valence-electron chi connectivity index (χ4n) is 1.69. The van der Waals surface area contributed by atoms with Gasteiger partial charge in [0, 0.05) is 18.2 Å². The van der Waals surface area contributed by atoms with E-state index in [4.69, 9.17) is 4.74 Å². The minimum absolute atomic E-state index is 0.0730. The van der Waals surface area contributed by atoms with Crippen LogP contribution in [0, 0.1) is 0 Å². The largest absolute Gasteiger partial charge is 0.480 e. The first kappa shape index (κ1) is 11.7. The quantitative estimate of drug-likeness (QED) is 0.819. The van der Waals surface area contributed by atoms with Gasteiger partial charge in [-0.15, -0.1) is 0 Å². The fourth-order valence-corrected chi connectivity index (χ4v) is 1.69. The maximum absolute atomic E-state index is 10.9. The van der Waals surface area contributed by atoms with Gasteiger partial charge in [0.05, 0.1) is 6.61 Å². The number of carbonyl (C=O) groups excluding carboxylic acids is 1. The average Bonchev–Trinajstić information content (AvgIpc) is 2.29. The zero-order valence-electron chi connectivity index (χ0n) is 9.86. The number of aliphatic hydroxyl groups excluding tert-OH is 1. The number of hydrogen-bond donors (Lipinski definition) is 2. The van der Waals surface area contributed by atoms with Gasteiger partial charge in [0.15, 0.2) is 0 Å². The first-order valence-electron chi connectivity index (χ1n) is 5.43. The van der Waals surface area contributed by atoms with Crippen molar-refractivity contribution in [2.24, 2.45) is 0 Å². The monoisotopic (exact) mass is 233 g/mol. The van der Waals surface area contributed by atoms with Crippen molar-refractivity contribution in [2.75, 3.05) is 11.9 Å². The number of hydrogen-bond acceptors (Lipinski definition) is 3. The zero-order valence-corrected chi connectivity index (χ0v) is 9.86. The van der Waals surface area contributed by atoms with E-state index in [1.165, 1.54) is 6.92 Å². The van der Waals surface area contributed by atoms with Crippen LogP contribution in [0.5, 0.6) is 5.75 Å². The van der Waals surface area contributed by atoms with E-state index < -0.39 is 5.60 Å². The van der Waals surface area contributed by atoms with Crippen LogP contribution in [0.2, 0.25) is 0 Å². The molecule has 0 aliphatic carbocycles. The molecule has 1 amide bonds. The van der Waals surface area contributed by atoms with Gasteiger partial charge >= 0.3 is 0 Å². The van der Waals surface area contributed by atoms with Crippen molar-refractivity contribution in [3.63, 3.8) is 0 Å². The van der Waals surface area contributed by atoms with Gasteiger partial charge in [0.25, 0.3) is 0 Å². The number of rotatable bonds is 2. The number of amides is 1. The summed E-state index contributed by atoms with van der Waals surface area (Å²) in [6.45, 7) is 3.21. The van der Waals surface area contributed by atoms with Gasteiger partial charge in [-0.05, 0) is 31.2 Å². The predicted octanol–water partition coefficient (Wildman–Crippen LogP) is 1.80. The summed E-state index contributed by atoms with van der Waals surface area (Å²) >= 11 is 0. The van der Waals surface area contributed by atoms with Crippen LogP contribution < -0.4 is 10.1 Å². The molecule has 0 saturated heterocycles. The van der Waals surface area contributed by atoms with E-state index in [0.29, 0.717) is 5.75 Å². The van der Waals surface area contributed by atoms with Crippen molar-refractivity contribution in [3.8, 4) is 5.75 Å². The van der Waals surface area contributed by atoms with Crippen molar-refractivity contribution in [3.05, 3.63) is 29.8 Å². The third kappa shape index (κ3) is 2.47. The second kappa shape index (κ2) is 4.22. The summed E-state index contributed by atoms with van der Waals surface area (Å²) in [5.41, 5.74) is 0.960. The lowest BCUT2D eigenvalue weighted by molar-refractivity contribution is -0.114. The van der Waals surface area contributed by atoms with Crippen LogP contribution in [0.3, 0.4) is 0 Å². The molecule has 0 aromatic heterocycles. The molecule has 1 unspecified atom stereocenters. The van der Waals surface area contributed by atoms with Gasteiger partial charge in [-0.2, -0.15) is 0 Å². The normalized spacial score (nSPS) is 21.6. The number of anilines is 1. The average molecular weight is 233 g/mol. The van der Waals surface area contributed by atoms with Gasteiger partial charge in [-0.25, -0.2) is 0 Å². The number of benzene rings is 1. The molecule has 1 aliphatic rings. The third-order valence-corrected chi connectivity index (χ3v) is 2.60. The molecule has 1 aromatic carbocycles. The molecule has 4 heteroatoms. The highest BCUT2D eigenvalue weighted by Gasteiger charge is 2.26. The van der Waals surface area contributed by atoms with Crippen LogP contribution in [-0.2, 0) is 4.79 Å². The van der Waals surface area contributed by atoms with E-state index >= 15 is 0 Å². The Bertz CT molecular complexity index is 482. The second-order valence-corrected chi connectivity index (χ2v) is 4.34. The maximum atomic E-state index is 10.9. The molecular formula is C13H15NO3. The molecule has 17 heavy (non-hydrogen) atoms. The predicted molar refractivity (Wildman–Crippen MR) is 65.9 cm³/mol. The number of aliphatic hydroxyl groups is 1. The first-order valence-corrected chi connectivity index (χ1v) is 5.43. The van der Waals surface area contributed by atoms with E-state index in [1.54, 1.807) is 12.1 Å². The van der Waals surface area contributed by atoms with E-state index in [1.807, 2.05) is 25.1 Å². The van der Waals surface area contributed by atoms with E-state index in [0.717, 1.165) is 11.3 Å². The van der Waals surface area contributed by atoms with Crippen LogP contribution in [-0.4, -0.2) is 23.2 Å². The molecule has 4 nitrogen and oxygen atoms in total. The highest BCUT2D eigenvalue weighted by atomic mass is 16.5. The summed E-state index contributed by atoms with van der Waals surface area (Å²) in [5.74, 6) is 0.601. The Hall–Kier alpha value is -1.81. The number of ether oxygens (including phenoxy) is 1. The van der Waals surface area contributed by atoms with Crippen molar-refractivity contribution < 1.29 is 14.6 Å². The molecule has 0 radical (unpaired) electrons. The molecule has 0 spiro atoms. The summed E-state index contributed by atoms with van der Waals surface area (Å²) in [7, 11) is 0. The first-order chi connectivity index (χ1) is 8.02. The second-order valence-electron chi connectivity index (χ2n) is 4.34. The number of nitrogens with one attached hydrogen (secondary N) is 1. The SMILES string of the molecule is CC(=O)Nc1ccc2c(c1)C=CC(C)(CO)O2. The highest BCUT2D eigenvalue weighted by Crippen LogP contribution is 2.32. The Morgan fingerprint density at radius 1 is 1.53 bits per heavy atom. The molecule has 1 atom stereocenters. The molecule has 1 aliphatic heterocycles. The highest BCUT2D eigenvalue weighted by molar-refractivity contribution is 5.89. The van der Waals surface area contributed by atoms with Crippen LogP contribution in [0.25, 0.3) is 6.08 Å². The summed E-state index contributed by atoms with van der Waals surface area (Å²) in [6, 6.07) is 5.40. The van der Waals surface area contributed by atoms with Gasteiger partial charge < -0.3 is 15.2 Å². The van der Waals surface area contributed by atoms with Crippen molar-refractivity contribution >= 4 is 17.7 Å². The Kier molecular flexibility index (Phi) is 2.90. The molecule has 1 aromatic rings. The van der Waals surface area contributed by atoms with E-state index in [9.17, 15) is 9.90 Å². The lowest BCUT2D eigenvalue weighted by Gasteiger charge is -2.29. The fraction of sp³-hybridized carbons (Fsp3) is 0.308. The lowest BCUT2D eigenvalue weighted by atomic mass is 10.0. The molecule has 1 heterocycles. The molecule has 2 rings (SSSR count).